The molecule has 1 saturated heterocycles. The molecule has 4 rings (SSSR count). The van der Waals surface area contributed by atoms with E-state index < -0.39 is 0 Å². The molecule has 5 N–H and O–H groups in total. The number of nitrogens with two attached hydrogens (primary N) is 2. The molecule has 8 nitrogen and oxygen atoms in total. The largest absolute Gasteiger partial charge is 0.382 e. The topological polar surface area (TPSA) is 110 Å². The molecule has 1 fully saturated rings. The lowest BCUT2D eigenvalue weighted by molar-refractivity contribution is 0.255. The van der Waals surface area contributed by atoms with Crippen LogP contribution in [0.25, 0.3) is 22.5 Å². The maximum absolute atomic E-state index is 6.35. The van der Waals surface area contributed by atoms with Gasteiger partial charge in [0.25, 0.3) is 0 Å². The molecule has 0 aliphatic carbocycles. The zero-order chi connectivity index (χ0) is 24.8. The summed E-state index contributed by atoms with van der Waals surface area (Å²) in [4.78, 5) is 16.4. The molecule has 1 atom stereocenters. The first-order valence-corrected chi connectivity index (χ1v) is 12.4. The number of nitrogens with zero attached hydrogens (tertiary/aromatic N) is 5. The van der Waals surface area contributed by atoms with Crippen molar-refractivity contribution >= 4 is 22.9 Å². The number of imidazole rings is 1. The fourth-order valence-electron chi connectivity index (χ4n) is 4.61. The van der Waals surface area contributed by atoms with Gasteiger partial charge in [-0.2, -0.15) is 0 Å². The monoisotopic (exact) mass is 472 g/mol. The number of allylic oxidation sites excluding steroid dienone is 1. The Morgan fingerprint density at radius 3 is 2.80 bits per heavy atom. The summed E-state index contributed by atoms with van der Waals surface area (Å²) in [7, 11) is 0. The van der Waals surface area contributed by atoms with Gasteiger partial charge in [0.1, 0.15) is 28.7 Å². The Bertz CT molecular complexity index is 1220. The second kappa shape index (κ2) is 11.3. The van der Waals surface area contributed by atoms with Crippen LogP contribution in [0.5, 0.6) is 0 Å². The Kier molecular flexibility index (Phi) is 7.94. The SMILES string of the molecule is C=C(N/C(CC)=N/C=C\CC)c1ccc(-c2nc(C3CCCN3CCN)n3ccnc(N)c23)cc1. The van der Waals surface area contributed by atoms with E-state index in [1.165, 1.54) is 0 Å². The summed E-state index contributed by atoms with van der Waals surface area (Å²) in [6.07, 6.45) is 11.5. The molecule has 0 spiro atoms. The Hall–Kier alpha value is -3.49. The molecule has 1 unspecified atom stereocenters. The maximum atomic E-state index is 6.35. The minimum absolute atomic E-state index is 0.221. The molecule has 1 aliphatic heterocycles. The number of benzene rings is 1. The summed E-state index contributed by atoms with van der Waals surface area (Å²) < 4.78 is 2.10. The molecule has 184 valence electrons. The van der Waals surface area contributed by atoms with E-state index in [4.69, 9.17) is 16.5 Å². The van der Waals surface area contributed by atoms with Crippen molar-refractivity contribution in [3.8, 4) is 11.3 Å². The van der Waals surface area contributed by atoms with Gasteiger partial charge in [0.15, 0.2) is 0 Å². The van der Waals surface area contributed by atoms with E-state index in [1.54, 1.807) is 6.20 Å². The fourth-order valence-corrected chi connectivity index (χ4v) is 4.61. The van der Waals surface area contributed by atoms with Crippen LogP contribution >= 0.6 is 0 Å². The Balaban J connectivity index is 1.64. The molecule has 35 heavy (non-hydrogen) atoms. The zero-order valence-corrected chi connectivity index (χ0v) is 20.7. The van der Waals surface area contributed by atoms with E-state index in [2.05, 4.69) is 57.2 Å². The highest BCUT2D eigenvalue weighted by atomic mass is 15.2. The quantitative estimate of drug-likeness (QED) is 0.315. The van der Waals surface area contributed by atoms with Crippen LogP contribution in [0.15, 0.2) is 60.5 Å². The molecule has 0 bridgehead atoms. The van der Waals surface area contributed by atoms with Gasteiger partial charge in [-0.3, -0.25) is 9.30 Å². The van der Waals surface area contributed by atoms with Crippen LogP contribution in [-0.4, -0.2) is 44.7 Å². The molecule has 1 aromatic carbocycles. The molecule has 3 heterocycles. The molecule has 0 radical (unpaired) electrons. The number of aromatic nitrogens is 3. The van der Waals surface area contributed by atoms with Gasteiger partial charge >= 0.3 is 0 Å². The normalized spacial score (nSPS) is 17.0. The summed E-state index contributed by atoms with van der Waals surface area (Å²) in [5.41, 5.74) is 16.7. The highest BCUT2D eigenvalue weighted by molar-refractivity contribution is 5.91. The van der Waals surface area contributed by atoms with Crippen molar-refractivity contribution in [2.45, 2.75) is 45.6 Å². The number of fused-ring (bicyclic) bond motifs is 1. The molecular weight excluding hydrogens is 436 g/mol. The summed E-state index contributed by atoms with van der Waals surface area (Å²) in [6, 6.07) is 8.44. The second-order valence-electron chi connectivity index (χ2n) is 8.74. The molecule has 1 aliphatic rings. The fraction of sp³-hybridized carbons (Fsp3) is 0.370. The van der Waals surface area contributed by atoms with E-state index in [1.807, 2.05) is 30.6 Å². The predicted molar refractivity (Wildman–Crippen MR) is 145 cm³/mol. The highest BCUT2D eigenvalue weighted by Crippen LogP contribution is 2.36. The van der Waals surface area contributed by atoms with Crippen molar-refractivity contribution in [2.24, 2.45) is 10.7 Å². The van der Waals surface area contributed by atoms with Crippen molar-refractivity contribution in [3.05, 3.63) is 66.9 Å². The summed E-state index contributed by atoms with van der Waals surface area (Å²) >= 11 is 0. The van der Waals surface area contributed by atoms with Gasteiger partial charge in [0.2, 0.25) is 0 Å². The van der Waals surface area contributed by atoms with Crippen LogP contribution in [0.1, 0.15) is 57.0 Å². The van der Waals surface area contributed by atoms with Gasteiger partial charge in [0.05, 0.1) is 6.04 Å². The van der Waals surface area contributed by atoms with Crippen molar-refractivity contribution in [3.63, 3.8) is 0 Å². The van der Waals surface area contributed by atoms with Crippen molar-refractivity contribution < 1.29 is 0 Å². The summed E-state index contributed by atoms with van der Waals surface area (Å²) in [5.74, 6) is 2.35. The Morgan fingerprint density at radius 2 is 2.09 bits per heavy atom. The van der Waals surface area contributed by atoms with Crippen LogP contribution in [0.4, 0.5) is 5.82 Å². The third-order valence-electron chi connectivity index (χ3n) is 6.40. The van der Waals surface area contributed by atoms with Gasteiger partial charge in [-0.15, -0.1) is 0 Å². The van der Waals surface area contributed by atoms with Crippen molar-refractivity contribution in [2.75, 3.05) is 25.4 Å². The average Bonchev–Trinajstić information content (AvgIpc) is 3.49. The lowest BCUT2D eigenvalue weighted by Crippen LogP contribution is -2.30. The second-order valence-corrected chi connectivity index (χ2v) is 8.74. The molecule has 3 aromatic rings. The number of aliphatic imine (C=N–C) groups is 1. The number of anilines is 1. The van der Waals surface area contributed by atoms with E-state index in [0.29, 0.717) is 12.4 Å². The lowest BCUT2D eigenvalue weighted by atomic mass is 10.1. The van der Waals surface area contributed by atoms with Gasteiger partial charge in [-0.25, -0.2) is 15.0 Å². The van der Waals surface area contributed by atoms with E-state index in [0.717, 1.165) is 78.5 Å². The number of nitrogens with one attached hydrogen (secondary N) is 1. The van der Waals surface area contributed by atoms with Crippen LogP contribution in [0, 0.1) is 0 Å². The molecule has 0 amide bonds. The molecule has 8 heteroatoms. The first-order valence-electron chi connectivity index (χ1n) is 12.4. The van der Waals surface area contributed by atoms with Crippen LogP contribution in [-0.2, 0) is 0 Å². The molecule has 2 aromatic heterocycles. The number of nitrogen functional groups attached to an aromatic ring is 1. The van der Waals surface area contributed by atoms with Crippen LogP contribution < -0.4 is 16.8 Å². The van der Waals surface area contributed by atoms with E-state index in [9.17, 15) is 0 Å². The smallest absolute Gasteiger partial charge is 0.150 e. The van der Waals surface area contributed by atoms with E-state index >= 15 is 0 Å². The van der Waals surface area contributed by atoms with Crippen LogP contribution in [0.2, 0.25) is 0 Å². The van der Waals surface area contributed by atoms with Gasteiger partial charge in [-0.05, 0) is 31.4 Å². The number of rotatable bonds is 9. The Morgan fingerprint density at radius 1 is 1.29 bits per heavy atom. The molecular formula is C27H36N8. The number of hydrogen-bond acceptors (Lipinski definition) is 6. The summed E-state index contributed by atoms with van der Waals surface area (Å²) in [6.45, 7) is 10.9. The standard InChI is InChI=1S/C27H36N8/c1-4-6-14-30-23(5-2)32-19(3)20-9-11-21(12-10-20)24-25-26(29)31-15-18-35(25)27(33-24)22-8-7-16-34(22)17-13-28/h6,9-12,14-15,18,22H,3-5,7-8,13,16-17,28H2,1-2H3,(H2,29,31)(H,30,32)/b14-6-. The third kappa shape index (κ3) is 5.28. The average molecular weight is 473 g/mol. The van der Waals surface area contributed by atoms with Crippen molar-refractivity contribution in [1.82, 2.24) is 24.6 Å². The third-order valence-corrected chi connectivity index (χ3v) is 6.40. The zero-order valence-electron chi connectivity index (χ0n) is 20.7. The highest BCUT2D eigenvalue weighted by Gasteiger charge is 2.30. The maximum Gasteiger partial charge on any atom is 0.150 e. The van der Waals surface area contributed by atoms with Crippen molar-refractivity contribution in [1.29, 1.82) is 0 Å². The Labute approximate surface area is 207 Å². The lowest BCUT2D eigenvalue weighted by Gasteiger charge is -2.22. The first-order chi connectivity index (χ1) is 17.1. The summed E-state index contributed by atoms with van der Waals surface area (Å²) in [5, 5.41) is 3.34. The van der Waals surface area contributed by atoms with E-state index in [-0.39, 0.29) is 6.04 Å². The number of amidine groups is 1. The number of hydrogen-bond donors (Lipinski definition) is 3. The van der Waals surface area contributed by atoms with Gasteiger partial charge in [-0.1, -0.05) is 50.8 Å². The first kappa shape index (κ1) is 24.6. The minimum atomic E-state index is 0.221. The van der Waals surface area contributed by atoms with Gasteiger partial charge < -0.3 is 16.8 Å². The molecule has 0 saturated carbocycles. The van der Waals surface area contributed by atoms with Crippen LogP contribution in [0.3, 0.4) is 0 Å². The minimum Gasteiger partial charge on any atom is -0.382 e. The van der Waals surface area contributed by atoms with Gasteiger partial charge in [0, 0.05) is 49.4 Å². The number of likely N-dealkylation sites (tertiary alicyclic amines) is 1. The predicted octanol–water partition coefficient (Wildman–Crippen LogP) is 4.37.